The number of hydrogen-bond acceptors (Lipinski definition) is 4. The van der Waals surface area contributed by atoms with Crippen LogP contribution in [0.25, 0.3) is 0 Å². The molecule has 166 valence electrons. The van der Waals surface area contributed by atoms with Crippen molar-refractivity contribution in [1.29, 1.82) is 0 Å². The molecule has 2 fully saturated rings. The SMILES string of the molecule is COc1ccc2c(c1)[C@H](CC(=O)N1CCC3(CC1)C[C@@H]3C(=O)Nc1ccccc1)C(=O)N2. The van der Waals surface area contributed by atoms with Crippen molar-refractivity contribution in [2.24, 2.45) is 11.3 Å². The molecule has 2 atom stereocenters. The van der Waals surface area contributed by atoms with E-state index in [0.717, 1.165) is 36.2 Å². The second kappa shape index (κ2) is 7.97. The maximum absolute atomic E-state index is 13.0. The number of piperidine rings is 1. The number of hydrogen-bond donors (Lipinski definition) is 2. The zero-order chi connectivity index (χ0) is 22.3. The summed E-state index contributed by atoms with van der Waals surface area (Å²) in [5.74, 6) is 0.112. The number of anilines is 2. The summed E-state index contributed by atoms with van der Waals surface area (Å²) in [6, 6.07) is 15.0. The first-order valence-corrected chi connectivity index (χ1v) is 11.1. The summed E-state index contributed by atoms with van der Waals surface area (Å²) in [6.07, 6.45) is 2.68. The van der Waals surface area contributed by atoms with E-state index in [9.17, 15) is 14.4 Å². The van der Waals surface area contributed by atoms with E-state index in [1.54, 1.807) is 13.2 Å². The number of benzene rings is 2. The Bertz CT molecular complexity index is 1060. The standard InChI is InChI=1S/C25H27N3O4/c1-32-17-7-8-21-18(13-17)19(23(30)27-21)14-22(29)28-11-9-25(10-12-28)15-20(25)24(31)26-16-5-3-2-4-6-16/h2-8,13,19-20H,9-12,14-15H2,1H3,(H,26,31)(H,27,30)/t19-,20+/m0/s1. The van der Waals surface area contributed by atoms with Crippen molar-refractivity contribution in [3.63, 3.8) is 0 Å². The van der Waals surface area contributed by atoms with E-state index >= 15 is 0 Å². The molecule has 7 nitrogen and oxygen atoms in total. The smallest absolute Gasteiger partial charge is 0.232 e. The van der Waals surface area contributed by atoms with E-state index in [1.165, 1.54) is 0 Å². The molecule has 2 heterocycles. The Morgan fingerprint density at radius 3 is 2.62 bits per heavy atom. The fourth-order valence-electron chi connectivity index (χ4n) is 5.16. The summed E-state index contributed by atoms with van der Waals surface area (Å²) in [4.78, 5) is 40.0. The molecule has 0 unspecified atom stereocenters. The molecule has 0 radical (unpaired) electrons. The number of methoxy groups -OCH3 is 1. The van der Waals surface area contributed by atoms with Gasteiger partial charge in [-0.25, -0.2) is 0 Å². The van der Waals surface area contributed by atoms with Crippen LogP contribution in [0.5, 0.6) is 5.75 Å². The maximum atomic E-state index is 13.0. The minimum atomic E-state index is -0.492. The second-order valence-electron chi connectivity index (χ2n) is 9.05. The molecule has 2 aromatic carbocycles. The van der Waals surface area contributed by atoms with Crippen LogP contribution in [0.1, 0.15) is 37.2 Å². The number of carbonyl (C=O) groups is 3. The summed E-state index contributed by atoms with van der Waals surface area (Å²) >= 11 is 0. The van der Waals surface area contributed by atoms with Crippen molar-refractivity contribution < 1.29 is 19.1 Å². The van der Waals surface area contributed by atoms with Crippen LogP contribution in [-0.2, 0) is 14.4 Å². The number of ether oxygens (including phenoxy) is 1. The molecule has 5 rings (SSSR count). The summed E-state index contributed by atoms with van der Waals surface area (Å²) < 4.78 is 5.27. The Morgan fingerprint density at radius 1 is 1.16 bits per heavy atom. The Labute approximate surface area is 187 Å². The highest BCUT2D eigenvalue weighted by molar-refractivity contribution is 6.05. The van der Waals surface area contributed by atoms with Crippen molar-refractivity contribution in [3.8, 4) is 5.75 Å². The molecule has 2 aromatic rings. The van der Waals surface area contributed by atoms with Gasteiger partial charge in [-0.2, -0.15) is 0 Å². The zero-order valence-electron chi connectivity index (χ0n) is 18.1. The average Bonchev–Trinajstić information content (AvgIpc) is 3.42. The van der Waals surface area contributed by atoms with Crippen LogP contribution < -0.4 is 15.4 Å². The molecule has 0 aromatic heterocycles. The van der Waals surface area contributed by atoms with Crippen molar-refractivity contribution in [3.05, 3.63) is 54.1 Å². The van der Waals surface area contributed by atoms with Gasteiger partial charge in [0.05, 0.1) is 13.0 Å². The summed E-state index contributed by atoms with van der Waals surface area (Å²) in [6.45, 7) is 1.26. The molecule has 2 N–H and O–H groups in total. The van der Waals surface area contributed by atoms with E-state index in [2.05, 4.69) is 10.6 Å². The van der Waals surface area contributed by atoms with Crippen LogP contribution >= 0.6 is 0 Å². The predicted molar refractivity (Wildman–Crippen MR) is 120 cm³/mol. The van der Waals surface area contributed by atoms with Crippen LogP contribution in [0.2, 0.25) is 0 Å². The average molecular weight is 434 g/mol. The Balaban J connectivity index is 1.17. The molecule has 1 spiro atoms. The van der Waals surface area contributed by atoms with Gasteiger partial charge in [-0.15, -0.1) is 0 Å². The molecule has 2 aliphatic heterocycles. The number of likely N-dealkylation sites (tertiary alicyclic amines) is 1. The largest absolute Gasteiger partial charge is 0.497 e. The highest BCUT2D eigenvalue weighted by Gasteiger charge is 2.58. The molecule has 1 aliphatic carbocycles. The molecule has 1 saturated heterocycles. The van der Waals surface area contributed by atoms with Gasteiger partial charge in [0.15, 0.2) is 0 Å². The molecule has 3 aliphatic rings. The third-order valence-electron chi connectivity index (χ3n) is 7.25. The number of carbonyl (C=O) groups excluding carboxylic acids is 3. The Morgan fingerprint density at radius 2 is 1.91 bits per heavy atom. The molecule has 32 heavy (non-hydrogen) atoms. The van der Waals surface area contributed by atoms with Gasteiger partial charge in [0.2, 0.25) is 17.7 Å². The van der Waals surface area contributed by atoms with Gasteiger partial charge < -0.3 is 20.3 Å². The number of nitrogens with zero attached hydrogens (tertiary/aromatic N) is 1. The third-order valence-corrected chi connectivity index (χ3v) is 7.25. The summed E-state index contributed by atoms with van der Waals surface area (Å²) in [7, 11) is 1.58. The number of rotatable bonds is 5. The van der Waals surface area contributed by atoms with Crippen LogP contribution in [0.15, 0.2) is 48.5 Å². The third kappa shape index (κ3) is 3.72. The minimum absolute atomic E-state index is 0.0124. The van der Waals surface area contributed by atoms with Gasteiger partial charge in [-0.1, -0.05) is 18.2 Å². The van der Waals surface area contributed by atoms with E-state index in [-0.39, 0.29) is 35.5 Å². The number of para-hydroxylation sites is 1. The topological polar surface area (TPSA) is 87.7 Å². The molecule has 0 bridgehead atoms. The molecule has 7 heteroatoms. The molecule has 3 amide bonds. The highest BCUT2D eigenvalue weighted by atomic mass is 16.5. The molecular weight excluding hydrogens is 406 g/mol. The Kier molecular flexibility index (Phi) is 5.12. The van der Waals surface area contributed by atoms with E-state index in [0.29, 0.717) is 18.8 Å². The van der Waals surface area contributed by atoms with E-state index in [1.807, 2.05) is 47.4 Å². The lowest BCUT2D eigenvalue weighted by molar-refractivity contribution is -0.135. The van der Waals surface area contributed by atoms with Gasteiger partial charge in [0.1, 0.15) is 5.75 Å². The monoisotopic (exact) mass is 433 g/mol. The van der Waals surface area contributed by atoms with Crippen molar-refractivity contribution in [2.45, 2.75) is 31.6 Å². The van der Waals surface area contributed by atoms with Gasteiger partial charge in [0.25, 0.3) is 0 Å². The van der Waals surface area contributed by atoms with Crippen LogP contribution in [0, 0.1) is 11.3 Å². The first kappa shape index (κ1) is 20.5. The number of nitrogens with one attached hydrogen (secondary N) is 2. The normalized spacial score (nSPS) is 22.8. The zero-order valence-corrected chi connectivity index (χ0v) is 18.1. The second-order valence-corrected chi connectivity index (χ2v) is 9.05. The van der Waals surface area contributed by atoms with Gasteiger partial charge in [-0.05, 0) is 60.6 Å². The lowest BCUT2D eigenvalue weighted by atomic mass is 9.89. The lowest BCUT2D eigenvalue weighted by Crippen LogP contribution is -2.41. The van der Waals surface area contributed by atoms with Crippen LogP contribution in [0.3, 0.4) is 0 Å². The maximum Gasteiger partial charge on any atom is 0.232 e. The van der Waals surface area contributed by atoms with E-state index < -0.39 is 5.92 Å². The summed E-state index contributed by atoms with van der Waals surface area (Å²) in [5.41, 5.74) is 2.40. The minimum Gasteiger partial charge on any atom is -0.497 e. The highest BCUT2D eigenvalue weighted by Crippen LogP contribution is 2.59. The fourth-order valence-corrected chi connectivity index (χ4v) is 5.16. The number of fused-ring (bicyclic) bond motifs is 1. The van der Waals surface area contributed by atoms with Gasteiger partial charge >= 0.3 is 0 Å². The molecule has 1 saturated carbocycles. The number of amides is 3. The fraction of sp³-hybridized carbons (Fsp3) is 0.400. The first-order chi connectivity index (χ1) is 15.5. The van der Waals surface area contributed by atoms with Gasteiger partial charge in [0, 0.05) is 36.8 Å². The molecular formula is C25H27N3O4. The van der Waals surface area contributed by atoms with E-state index in [4.69, 9.17) is 4.74 Å². The van der Waals surface area contributed by atoms with Crippen molar-refractivity contribution in [2.75, 3.05) is 30.8 Å². The van der Waals surface area contributed by atoms with Gasteiger partial charge in [-0.3, -0.25) is 14.4 Å². The Hall–Kier alpha value is -3.35. The quantitative estimate of drug-likeness (QED) is 0.757. The van der Waals surface area contributed by atoms with Crippen molar-refractivity contribution >= 4 is 29.1 Å². The first-order valence-electron chi connectivity index (χ1n) is 11.1. The van der Waals surface area contributed by atoms with Crippen LogP contribution in [0.4, 0.5) is 11.4 Å². The van der Waals surface area contributed by atoms with Crippen LogP contribution in [-0.4, -0.2) is 42.8 Å². The summed E-state index contributed by atoms with van der Waals surface area (Å²) in [5, 5.41) is 5.87. The predicted octanol–water partition coefficient (Wildman–Crippen LogP) is 3.39. The lowest BCUT2D eigenvalue weighted by Gasteiger charge is -2.33. The van der Waals surface area contributed by atoms with Crippen molar-refractivity contribution in [1.82, 2.24) is 4.90 Å².